The van der Waals surface area contributed by atoms with E-state index in [1.54, 1.807) is 4.57 Å². The molecule has 1 heterocycles. The molecular weight excluding hydrogens is 325 g/mol. The molecule has 0 N–H and O–H groups in total. The summed E-state index contributed by atoms with van der Waals surface area (Å²) in [5.41, 5.74) is 3.68. The maximum atomic E-state index is 13.5. The van der Waals surface area contributed by atoms with Crippen LogP contribution in [0.5, 0.6) is 0 Å². The van der Waals surface area contributed by atoms with Crippen LogP contribution in [0.2, 0.25) is 0 Å². The van der Waals surface area contributed by atoms with Crippen LogP contribution in [0.1, 0.15) is 22.4 Å². The van der Waals surface area contributed by atoms with E-state index in [-0.39, 0.29) is 0 Å². The van der Waals surface area contributed by atoms with Gasteiger partial charge in [-0.25, -0.2) is 4.57 Å². The van der Waals surface area contributed by atoms with Crippen molar-refractivity contribution in [3.8, 4) is 17.1 Å². The van der Waals surface area contributed by atoms with Crippen molar-refractivity contribution in [1.82, 2.24) is 4.57 Å². The highest BCUT2D eigenvalue weighted by molar-refractivity contribution is 5.59. The van der Waals surface area contributed by atoms with Crippen LogP contribution in [0.25, 0.3) is 17.1 Å². The zero-order valence-corrected chi connectivity index (χ0v) is 14.6. The average Bonchev–Trinajstić information content (AvgIpc) is 2.85. The lowest BCUT2D eigenvalue weighted by Gasteiger charge is -2.10. The number of hydrogen-bond donors (Lipinski definition) is 0. The second-order valence-corrected chi connectivity index (χ2v) is 6.32. The molecule has 0 spiro atoms. The normalized spacial score (nSPS) is 11.8. The largest absolute Gasteiger partial charge is 0.457 e. The van der Waals surface area contributed by atoms with E-state index in [0.29, 0.717) is 5.82 Å². The highest BCUT2D eigenvalue weighted by atomic mass is 19.4. The minimum Gasteiger partial charge on any atom is -0.222 e. The van der Waals surface area contributed by atoms with E-state index >= 15 is 0 Å². The lowest BCUT2D eigenvalue weighted by molar-refractivity contribution is -0.584. The molecule has 3 aromatic rings. The highest BCUT2D eigenvalue weighted by Crippen LogP contribution is 2.33. The predicted molar refractivity (Wildman–Crippen MR) is 91.6 cm³/mol. The number of hydrogen-bond acceptors (Lipinski definition) is 0. The van der Waals surface area contributed by atoms with Crippen molar-refractivity contribution in [1.29, 1.82) is 0 Å². The van der Waals surface area contributed by atoms with E-state index in [9.17, 15) is 13.2 Å². The van der Waals surface area contributed by atoms with E-state index in [0.717, 1.165) is 27.9 Å². The molecule has 0 radical (unpaired) electrons. The minimum absolute atomic E-state index is 0.517. The third kappa shape index (κ3) is 2.95. The molecule has 0 fully saturated rings. The Labute approximate surface area is 145 Å². The quantitative estimate of drug-likeness (QED) is 0.584. The standard InChI is InChI=1S/C20H20F3N2/c1-13-8-5-6-11-16(13)19-24(4)17(20(21,22)23)12-25(19)18-14(2)9-7-10-15(18)3/h5-12H,1-4H3/q+1. The zero-order chi connectivity index (χ0) is 18.4. The van der Waals surface area contributed by atoms with E-state index in [1.165, 1.54) is 17.8 Å². The summed E-state index contributed by atoms with van der Waals surface area (Å²) in [6, 6.07) is 13.2. The molecule has 0 atom stereocenters. The monoisotopic (exact) mass is 345 g/mol. The van der Waals surface area contributed by atoms with Crippen LogP contribution in [0.15, 0.2) is 48.7 Å². The number of nitrogens with zero attached hydrogens (tertiary/aromatic N) is 2. The fraction of sp³-hybridized carbons (Fsp3) is 0.250. The van der Waals surface area contributed by atoms with Crippen LogP contribution >= 0.6 is 0 Å². The van der Waals surface area contributed by atoms with Crippen LogP contribution in [-0.4, -0.2) is 4.57 Å². The van der Waals surface area contributed by atoms with E-state index in [2.05, 4.69) is 0 Å². The molecule has 0 aliphatic carbocycles. The minimum atomic E-state index is -4.42. The Kier molecular flexibility index (Phi) is 4.19. The molecule has 2 aromatic carbocycles. The lowest BCUT2D eigenvalue weighted by atomic mass is 10.1. The van der Waals surface area contributed by atoms with Gasteiger partial charge >= 0.3 is 6.18 Å². The molecular formula is C20H20F3N2+. The molecule has 0 unspecified atom stereocenters. The molecule has 3 rings (SSSR count). The van der Waals surface area contributed by atoms with Crippen molar-refractivity contribution in [3.63, 3.8) is 0 Å². The van der Waals surface area contributed by atoms with Crippen molar-refractivity contribution < 1.29 is 17.7 Å². The van der Waals surface area contributed by atoms with Gasteiger partial charge in [0.25, 0.3) is 5.82 Å². The Balaban J connectivity index is 2.42. The van der Waals surface area contributed by atoms with Crippen LogP contribution < -0.4 is 4.57 Å². The fourth-order valence-corrected chi connectivity index (χ4v) is 3.30. The van der Waals surface area contributed by atoms with Crippen molar-refractivity contribution in [2.75, 3.05) is 0 Å². The Morgan fingerprint density at radius 3 is 1.96 bits per heavy atom. The van der Waals surface area contributed by atoms with Crippen molar-refractivity contribution in [3.05, 3.63) is 71.0 Å². The fourth-order valence-electron chi connectivity index (χ4n) is 3.30. The van der Waals surface area contributed by atoms with Crippen molar-refractivity contribution in [2.24, 2.45) is 7.05 Å². The summed E-state index contributed by atoms with van der Waals surface area (Å²) in [4.78, 5) is 0. The maximum Gasteiger partial charge on any atom is 0.457 e. The first-order valence-corrected chi connectivity index (χ1v) is 8.03. The summed E-state index contributed by atoms with van der Waals surface area (Å²) in [6.45, 7) is 5.74. The summed E-state index contributed by atoms with van der Waals surface area (Å²) in [7, 11) is 1.47. The molecule has 0 amide bonds. The lowest BCUT2D eigenvalue weighted by Crippen LogP contribution is -2.34. The molecule has 2 nitrogen and oxygen atoms in total. The number of benzene rings is 2. The summed E-state index contributed by atoms with van der Waals surface area (Å²) >= 11 is 0. The second kappa shape index (κ2) is 6.06. The molecule has 0 aliphatic heterocycles. The number of para-hydroxylation sites is 1. The molecule has 25 heavy (non-hydrogen) atoms. The molecule has 0 saturated carbocycles. The predicted octanol–water partition coefficient (Wildman–Crippen LogP) is 4.91. The third-order valence-electron chi connectivity index (χ3n) is 4.52. The summed E-state index contributed by atoms with van der Waals surface area (Å²) in [5.74, 6) is 0.517. The molecule has 0 saturated heterocycles. The van der Waals surface area contributed by atoms with Crippen LogP contribution in [0.4, 0.5) is 13.2 Å². The van der Waals surface area contributed by atoms with E-state index in [4.69, 9.17) is 0 Å². The number of halogens is 3. The number of rotatable bonds is 2. The highest BCUT2D eigenvalue weighted by Gasteiger charge is 2.42. The van der Waals surface area contributed by atoms with Gasteiger partial charge in [-0.15, -0.1) is 0 Å². The molecule has 0 aliphatic rings. The smallest absolute Gasteiger partial charge is 0.222 e. The number of imidazole rings is 1. The molecule has 5 heteroatoms. The molecule has 0 bridgehead atoms. The summed E-state index contributed by atoms with van der Waals surface area (Å²) in [6.07, 6.45) is -3.23. The second-order valence-electron chi connectivity index (χ2n) is 6.32. The van der Waals surface area contributed by atoms with E-state index in [1.807, 2.05) is 63.2 Å². The Bertz CT molecular complexity index is 916. The van der Waals surface area contributed by atoms with Gasteiger partial charge in [0.1, 0.15) is 11.9 Å². The van der Waals surface area contributed by atoms with Gasteiger partial charge in [-0.1, -0.05) is 36.4 Å². The van der Waals surface area contributed by atoms with Gasteiger partial charge in [0.15, 0.2) is 0 Å². The maximum absolute atomic E-state index is 13.5. The SMILES string of the molecule is Cc1ccccc1-c1n(C)c(C(F)(F)F)c[n+]1-c1c(C)cccc1C. The topological polar surface area (TPSA) is 8.81 Å². The average molecular weight is 345 g/mol. The van der Waals surface area contributed by atoms with Crippen LogP contribution in [0.3, 0.4) is 0 Å². The van der Waals surface area contributed by atoms with Gasteiger partial charge < -0.3 is 0 Å². The van der Waals surface area contributed by atoms with E-state index < -0.39 is 11.9 Å². The Morgan fingerprint density at radius 1 is 0.840 bits per heavy atom. The first kappa shape index (κ1) is 17.3. The van der Waals surface area contributed by atoms with Gasteiger partial charge in [-0.2, -0.15) is 17.7 Å². The van der Waals surface area contributed by atoms with Gasteiger partial charge in [-0.05, 0) is 43.5 Å². The zero-order valence-electron chi connectivity index (χ0n) is 14.6. The molecule has 130 valence electrons. The number of alkyl halides is 3. The number of aromatic nitrogens is 2. The van der Waals surface area contributed by atoms with Crippen molar-refractivity contribution >= 4 is 0 Å². The summed E-state index contributed by atoms with van der Waals surface area (Å²) < 4.78 is 43.5. The van der Waals surface area contributed by atoms with Gasteiger partial charge in [0.2, 0.25) is 5.69 Å². The van der Waals surface area contributed by atoms with Gasteiger partial charge in [0, 0.05) is 0 Å². The van der Waals surface area contributed by atoms with Crippen molar-refractivity contribution in [2.45, 2.75) is 26.9 Å². The third-order valence-corrected chi connectivity index (χ3v) is 4.52. The first-order chi connectivity index (χ1) is 11.7. The van der Waals surface area contributed by atoms with Crippen LogP contribution in [0, 0.1) is 20.8 Å². The number of aryl methyl sites for hydroxylation is 3. The van der Waals surface area contributed by atoms with Crippen LogP contribution in [-0.2, 0) is 13.2 Å². The summed E-state index contributed by atoms with van der Waals surface area (Å²) in [5, 5.41) is 0. The molecule has 1 aromatic heterocycles. The van der Waals surface area contributed by atoms with Gasteiger partial charge in [0.05, 0.1) is 12.6 Å². The first-order valence-electron chi connectivity index (χ1n) is 8.03. The van der Waals surface area contributed by atoms with Gasteiger partial charge in [-0.3, -0.25) is 0 Å². The Morgan fingerprint density at radius 2 is 1.40 bits per heavy atom. The Hall–Kier alpha value is -2.56.